The highest BCUT2D eigenvalue weighted by atomic mass is 16.5. The van der Waals surface area contributed by atoms with Gasteiger partial charge in [0.1, 0.15) is 0 Å². The number of nitrogens with one attached hydrogen (secondary N) is 2. The fourth-order valence-electron chi connectivity index (χ4n) is 5.49. The van der Waals surface area contributed by atoms with E-state index >= 15 is 0 Å². The summed E-state index contributed by atoms with van der Waals surface area (Å²) in [5, 5.41) is 6.86. The summed E-state index contributed by atoms with van der Waals surface area (Å²) in [6.45, 7) is 29.6. The van der Waals surface area contributed by atoms with Gasteiger partial charge in [-0.25, -0.2) is 0 Å². The summed E-state index contributed by atoms with van der Waals surface area (Å²) < 4.78 is 12.2. The molecule has 0 radical (unpaired) electrons. The quantitative estimate of drug-likeness (QED) is 0.171. The maximum Gasteiger partial charge on any atom is 0.0813 e. The summed E-state index contributed by atoms with van der Waals surface area (Å²) >= 11 is 0. The molecule has 5 nitrogen and oxygen atoms in total. The van der Waals surface area contributed by atoms with Crippen molar-refractivity contribution >= 4 is 0 Å². The fourth-order valence-corrected chi connectivity index (χ4v) is 5.49. The van der Waals surface area contributed by atoms with E-state index < -0.39 is 0 Å². The minimum atomic E-state index is 0.0203. The lowest BCUT2D eigenvalue weighted by Gasteiger charge is -2.41. The second-order valence-electron chi connectivity index (χ2n) is 11.3. The molecule has 0 bridgehead atoms. The van der Waals surface area contributed by atoms with Crippen LogP contribution in [0.3, 0.4) is 0 Å². The van der Waals surface area contributed by atoms with Gasteiger partial charge in [0, 0.05) is 44.6 Å². The number of methoxy groups -OCH3 is 2. The Morgan fingerprint density at radius 2 is 1.56 bits per heavy atom. The van der Waals surface area contributed by atoms with Crippen LogP contribution >= 0.6 is 0 Å². The van der Waals surface area contributed by atoms with Crippen LogP contribution < -0.4 is 10.6 Å². The zero-order valence-electron chi connectivity index (χ0n) is 25.7. The van der Waals surface area contributed by atoms with Crippen molar-refractivity contribution in [2.75, 3.05) is 34.9 Å². The predicted octanol–water partition coefficient (Wildman–Crippen LogP) is 6.63. The van der Waals surface area contributed by atoms with Crippen LogP contribution in [0, 0.1) is 23.7 Å². The van der Waals surface area contributed by atoms with E-state index in [-0.39, 0.29) is 24.3 Å². The Morgan fingerprint density at radius 3 is 1.97 bits per heavy atom. The second-order valence-corrected chi connectivity index (χ2v) is 11.3. The minimum absolute atomic E-state index is 0.0203. The number of hydrogen-bond acceptors (Lipinski definition) is 5. The van der Waals surface area contributed by atoms with Gasteiger partial charge in [-0.2, -0.15) is 0 Å². The number of ether oxygens (including phenoxy) is 2. The molecule has 0 saturated carbocycles. The van der Waals surface area contributed by atoms with Gasteiger partial charge in [-0.1, -0.05) is 93.0 Å². The maximum absolute atomic E-state index is 6.19. The summed E-state index contributed by atoms with van der Waals surface area (Å²) in [6.07, 6.45) is 5.54. The zero-order valence-corrected chi connectivity index (χ0v) is 25.7. The van der Waals surface area contributed by atoms with Crippen molar-refractivity contribution in [2.24, 2.45) is 23.7 Å². The summed E-state index contributed by atoms with van der Waals surface area (Å²) in [4.78, 5) is 2.32. The molecule has 0 aromatic rings. The van der Waals surface area contributed by atoms with E-state index in [1.807, 2.05) is 21.3 Å². The third kappa shape index (κ3) is 10.6. The summed E-state index contributed by atoms with van der Waals surface area (Å²) in [7, 11) is 7.80. The fraction of sp³-hybridized carbons (Fsp3) is 0.806. The minimum Gasteiger partial charge on any atom is -0.382 e. The van der Waals surface area contributed by atoms with Crippen molar-refractivity contribution in [2.45, 2.75) is 105 Å². The Balaban J connectivity index is 5.69. The molecule has 0 aliphatic rings. The van der Waals surface area contributed by atoms with Gasteiger partial charge < -0.3 is 25.0 Å². The van der Waals surface area contributed by atoms with Crippen molar-refractivity contribution < 1.29 is 9.47 Å². The van der Waals surface area contributed by atoms with Crippen molar-refractivity contribution in [1.29, 1.82) is 0 Å². The number of likely N-dealkylation sites (N-methyl/N-ethyl adjacent to an activating group) is 2. The standard InChI is InChI=1S/C31H61N3O2/c1-15-17-18-27(31(36-14)22(5)6)24(8)19-28(35-13)30(23(7)16-2)34(12)25(9)20-33-26(10)29(32-11)21(3)4/h21-23,27-33H,8-10,15-20H2,1-7,11-14H3. The molecule has 0 heterocycles. The molecule has 0 fully saturated rings. The van der Waals surface area contributed by atoms with E-state index in [1.54, 1.807) is 0 Å². The predicted molar refractivity (Wildman–Crippen MR) is 158 cm³/mol. The Kier molecular flexibility index (Phi) is 17.4. The van der Waals surface area contributed by atoms with E-state index in [1.165, 1.54) is 18.4 Å². The van der Waals surface area contributed by atoms with Crippen molar-refractivity contribution in [3.05, 3.63) is 36.7 Å². The molecule has 0 aliphatic heterocycles. The molecule has 0 aromatic carbocycles. The smallest absolute Gasteiger partial charge is 0.0813 e. The molecule has 5 heteroatoms. The number of rotatable bonds is 21. The van der Waals surface area contributed by atoms with Crippen LogP contribution in [0.15, 0.2) is 36.7 Å². The van der Waals surface area contributed by atoms with Gasteiger partial charge in [-0.15, -0.1) is 0 Å². The highest BCUT2D eigenvalue weighted by Gasteiger charge is 2.34. The van der Waals surface area contributed by atoms with Gasteiger partial charge in [-0.05, 0) is 37.6 Å². The third-order valence-corrected chi connectivity index (χ3v) is 7.91. The van der Waals surface area contributed by atoms with Gasteiger partial charge in [-0.3, -0.25) is 0 Å². The first-order valence-electron chi connectivity index (χ1n) is 14.1. The lowest BCUT2D eigenvalue weighted by Crippen LogP contribution is -2.48. The monoisotopic (exact) mass is 507 g/mol. The molecule has 0 saturated heterocycles. The van der Waals surface area contributed by atoms with Crippen molar-refractivity contribution in [3.63, 3.8) is 0 Å². The highest BCUT2D eigenvalue weighted by Crippen LogP contribution is 2.33. The Labute approximate surface area is 225 Å². The van der Waals surface area contributed by atoms with Crippen LogP contribution in [0.5, 0.6) is 0 Å². The molecular weight excluding hydrogens is 446 g/mol. The highest BCUT2D eigenvalue weighted by molar-refractivity contribution is 5.11. The lowest BCUT2D eigenvalue weighted by atomic mass is 9.80. The van der Waals surface area contributed by atoms with E-state index in [0.717, 1.165) is 30.7 Å². The summed E-state index contributed by atoms with van der Waals surface area (Å²) in [5.74, 6) is 1.66. The van der Waals surface area contributed by atoms with E-state index in [0.29, 0.717) is 30.2 Å². The number of hydrogen-bond donors (Lipinski definition) is 2. The van der Waals surface area contributed by atoms with Crippen LogP contribution in [-0.2, 0) is 9.47 Å². The molecule has 0 spiro atoms. The van der Waals surface area contributed by atoms with E-state index in [9.17, 15) is 0 Å². The first-order chi connectivity index (χ1) is 16.9. The largest absolute Gasteiger partial charge is 0.382 e. The number of nitrogens with zero attached hydrogens (tertiary/aromatic N) is 1. The van der Waals surface area contributed by atoms with Crippen LogP contribution in [0.1, 0.15) is 80.6 Å². The summed E-state index contributed by atoms with van der Waals surface area (Å²) in [6, 6.07) is 0.412. The van der Waals surface area contributed by atoms with Crippen LogP contribution in [0.2, 0.25) is 0 Å². The van der Waals surface area contributed by atoms with Gasteiger partial charge in [0.2, 0.25) is 0 Å². The zero-order chi connectivity index (χ0) is 28.0. The Hall–Kier alpha value is -1.30. The molecule has 6 atom stereocenters. The first-order valence-corrected chi connectivity index (χ1v) is 14.1. The van der Waals surface area contributed by atoms with Crippen LogP contribution in [0.25, 0.3) is 0 Å². The molecular formula is C31H61N3O2. The second kappa shape index (κ2) is 18.0. The van der Waals surface area contributed by atoms with Gasteiger partial charge >= 0.3 is 0 Å². The topological polar surface area (TPSA) is 45.8 Å². The van der Waals surface area contributed by atoms with Crippen LogP contribution in [0.4, 0.5) is 0 Å². The molecule has 212 valence electrons. The molecule has 0 amide bonds. The average molecular weight is 508 g/mol. The maximum atomic E-state index is 6.19. The van der Waals surface area contributed by atoms with Gasteiger partial charge in [0.25, 0.3) is 0 Å². The lowest BCUT2D eigenvalue weighted by molar-refractivity contribution is -0.000609. The Morgan fingerprint density at radius 1 is 0.944 bits per heavy atom. The molecule has 0 rings (SSSR count). The molecule has 0 aliphatic carbocycles. The van der Waals surface area contributed by atoms with Crippen molar-refractivity contribution in [1.82, 2.24) is 15.5 Å². The molecule has 36 heavy (non-hydrogen) atoms. The molecule has 0 aromatic heterocycles. The average Bonchev–Trinajstić information content (AvgIpc) is 2.83. The first kappa shape index (κ1) is 34.7. The SMILES string of the molecule is C=C(CC(OC)C(C(C)CC)N(C)C(=C)CNC(=C)C(NC)C(C)C)C(CCCC)C(OC)C(C)C. The molecule has 6 unspecified atom stereocenters. The third-order valence-electron chi connectivity index (χ3n) is 7.91. The molecule has 2 N–H and O–H groups in total. The van der Waals surface area contributed by atoms with Gasteiger partial charge in [0.05, 0.1) is 24.8 Å². The normalized spacial score (nSPS) is 16.8. The van der Waals surface area contributed by atoms with E-state index in [2.05, 4.69) is 90.8 Å². The number of unbranched alkanes of at least 4 members (excludes halogenated alkanes) is 1. The summed E-state index contributed by atoms with van der Waals surface area (Å²) in [5.41, 5.74) is 3.27. The van der Waals surface area contributed by atoms with Crippen LogP contribution in [-0.4, -0.2) is 64.1 Å². The van der Waals surface area contributed by atoms with E-state index in [4.69, 9.17) is 9.47 Å². The Bertz CT molecular complexity index is 646. The van der Waals surface area contributed by atoms with Gasteiger partial charge in [0.15, 0.2) is 0 Å². The van der Waals surface area contributed by atoms with Crippen molar-refractivity contribution in [3.8, 4) is 0 Å².